The van der Waals surface area contributed by atoms with Gasteiger partial charge in [0.05, 0.1) is 46.2 Å². The highest BCUT2D eigenvalue weighted by Crippen LogP contribution is 2.00. The molecule has 0 aliphatic rings. The lowest BCUT2D eigenvalue weighted by molar-refractivity contribution is -0.120. The molecule has 0 atom stereocenters. The number of rotatable bonds is 16. The topological polar surface area (TPSA) is 133 Å². The fourth-order valence-electron chi connectivity index (χ4n) is 2.06. The minimum atomic E-state index is -0.657. The number of hydrogen-bond acceptors (Lipinski definition) is 8. The highest BCUT2D eigenvalue weighted by Gasteiger charge is 2.06. The van der Waals surface area contributed by atoms with Crippen LogP contribution in [0.2, 0.25) is 0 Å². The first-order valence-corrected chi connectivity index (χ1v) is 9.90. The van der Waals surface area contributed by atoms with Crippen LogP contribution in [0.3, 0.4) is 0 Å². The molecule has 0 saturated heterocycles. The predicted molar refractivity (Wildman–Crippen MR) is 111 cm³/mol. The van der Waals surface area contributed by atoms with Gasteiger partial charge in [0.15, 0.2) is 0 Å². The van der Waals surface area contributed by atoms with Gasteiger partial charge in [-0.1, -0.05) is 30.3 Å². The number of carbonyl (C=O) groups excluding carboxylic acids is 3. The van der Waals surface area contributed by atoms with Crippen LogP contribution in [0.5, 0.6) is 0 Å². The number of carbonyl (C=O) groups is 3. The number of nitrogens with one attached hydrogen (secondary N) is 3. The summed E-state index contributed by atoms with van der Waals surface area (Å²) in [5, 5.41) is 7.33. The molecule has 0 aliphatic heterocycles. The van der Waals surface area contributed by atoms with E-state index in [9.17, 15) is 14.4 Å². The molecule has 31 heavy (non-hydrogen) atoms. The monoisotopic (exact) mass is 441 g/mol. The summed E-state index contributed by atoms with van der Waals surface area (Å²) in [6, 6.07) is 9.25. The van der Waals surface area contributed by atoms with Gasteiger partial charge in [-0.15, -0.1) is 0 Å². The highest BCUT2D eigenvalue weighted by molar-refractivity contribution is 5.82. The lowest BCUT2D eigenvalue weighted by atomic mass is 10.2. The fourth-order valence-corrected chi connectivity index (χ4v) is 2.06. The Bertz CT molecular complexity index is 630. The molecular formula is C20H31N3O8. The molecule has 0 aromatic heterocycles. The van der Waals surface area contributed by atoms with Crippen molar-refractivity contribution in [3.8, 4) is 0 Å². The molecule has 11 heteroatoms. The third kappa shape index (κ3) is 15.6. The maximum atomic E-state index is 11.7. The van der Waals surface area contributed by atoms with Crippen molar-refractivity contribution in [3.05, 3.63) is 35.9 Å². The summed E-state index contributed by atoms with van der Waals surface area (Å²) in [6.07, 6.45) is -1.15. The maximum absolute atomic E-state index is 11.7. The van der Waals surface area contributed by atoms with Crippen molar-refractivity contribution in [1.29, 1.82) is 0 Å². The van der Waals surface area contributed by atoms with Crippen LogP contribution in [0.25, 0.3) is 0 Å². The summed E-state index contributed by atoms with van der Waals surface area (Å²) in [4.78, 5) is 34.0. The van der Waals surface area contributed by atoms with Crippen LogP contribution in [0.1, 0.15) is 5.56 Å². The van der Waals surface area contributed by atoms with Gasteiger partial charge < -0.3 is 39.6 Å². The van der Waals surface area contributed by atoms with E-state index < -0.39 is 12.2 Å². The maximum Gasteiger partial charge on any atom is 0.407 e. The van der Waals surface area contributed by atoms with Crippen molar-refractivity contribution in [1.82, 2.24) is 16.0 Å². The molecule has 0 unspecified atom stereocenters. The summed E-state index contributed by atoms with van der Waals surface area (Å²) in [5.41, 5.74) is 0.864. The Balaban J connectivity index is 1.84. The fraction of sp³-hybridized carbons (Fsp3) is 0.550. The van der Waals surface area contributed by atoms with Crippen molar-refractivity contribution in [2.24, 2.45) is 0 Å². The molecule has 0 heterocycles. The number of benzene rings is 1. The van der Waals surface area contributed by atoms with Gasteiger partial charge in [-0.25, -0.2) is 9.59 Å². The lowest BCUT2D eigenvalue weighted by Crippen LogP contribution is -2.38. The number of ether oxygens (including phenoxy) is 5. The van der Waals surface area contributed by atoms with Crippen LogP contribution in [0.15, 0.2) is 30.3 Å². The SMILES string of the molecule is CNC(=O)OCCOCCOCCOCCNC(=O)CNC(=O)OCc1ccccc1. The Hall–Kier alpha value is -2.89. The van der Waals surface area contributed by atoms with E-state index in [0.29, 0.717) is 46.2 Å². The molecule has 174 valence electrons. The summed E-state index contributed by atoms with van der Waals surface area (Å²) < 4.78 is 25.6. The molecule has 1 aromatic carbocycles. The molecule has 3 amide bonds. The second-order valence-electron chi connectivity index (χ2n) is 5.99. The molecule has 1 aromatic rings. The average molecular weight is 441 g/mol. The van der Waals surface area contributed by atoms with Crippen molar-refractivity contribution in [3.63, 3.8) is 0 Å². The molecular weight excluding hydrogens is 410 g/mol. The first-order valence-electron chi connectivity index (χ1n) is 9.90. The van der Waals surface area contributed by atoms with E-state index >= 15 is 0 Å². The molecule has 0 saturated carbocycles. The van der Waals surface area contributed by atoms with Gasteiger partial charge in [-0.05, 0) is 5.56 Å². The van der Waals surface area contributed by atoms with Crippen molar-refractivity contribution in [2.75, 3.05) is 66.4 Å². The van der Waals surface area contributed by atoms with Crippen LogP contribution in [-0.4, -0.2) is 84.5 Å². The van der Waals surface area contributed by atoms with Gasteiger partial charge in [-0.2, -0.15) is 0 Å². The van der Waals surface area contributed by atoms with Gasteiger partial charge in [-0.3, -0.25) is 4.79 Å². The summed E-state index contributed by atoms with van der Waals surface area (Å²) in [5.74, 6) is -0.339. The standard InChI is InChI=1S/C20H31N3O8/c1-21-19(25)30-14-13-29-12-11-28-10-9-27-8-7-22-18(24)15-23-20(26)31-16-17-5-3-2-4-6-17/h2-6H,7-16H2,1H3,(H,21,25)(H,22,24)(H,23,26). The molecule has 0 fully saturated rings. The largest absolute Gasteiger partial charge is 0.447 e. The van der Waals surface area contributed by atoms with E-state index in [1.165, 1.54) is 7.05 Å². The Labute approximate surface area is 181 Å². The summed E-state index contributed by atoms with van der Waals surface area (Å²) >= 11 is 0. The second kappa shape index (κ2) is 17.9. The molecule has 3 N–H and O–H groups in total. The van der Waals surface area contributed by atoms with E-state index in [1.807, 2.05) is 30.3 Å². The zero-order valence-electron chi connectivity index (χ0n) is 17.7. The van der Waals surface area contributed by atoms with E-state index in [2.05, 4.69) is 16.0 Å². The van der Waals surface area contributed by atoms with Crippen LogP contribution in [-0.2, 0) is 35.1 Å². The quantitative estimate of drug-likeness (QED) is 0.315. The molecule has 0 radical (unpaired) electrons. The molecule has 11 nitrogen and oxygen atoms in total. The van der Waals surface area contributed by atoms with Crippen LogP contribution < -0.4 is 16.0 Å². The zero-order valence-corrected chi connectivity index (χ0v) is 17.7. The van der Waals surface area contributed by atoms with Crippen LogP contribution >= 0.6 is 0 Å². The number of hydrogen-bond donors (Lipinski definition) is 3. The van der Waals surface area contributed by atoms with E-state index in [-0.39, 0.29) is 25.7 Å². The van der Waals surface area contributed by atoms with Gasteiger partial charge in [0.1, 0.15) is 13.2 Å². The predicted octanol–water partition coefficient (Wildman–Crippen LogP) is 0.435. The summed E-state index contributed by atoms with van der Waals surface area (Å²) in [6.45, 7) is 2.62. The normalized spacial score (nSPS) is 10.2. The van der Waals surface area contributed by atoms with Crippen LogP contribution in [0.4, 0.5) is 9.59 Å². The van der Waals surface area contributed by atoms with Gasteiger partial charge in [0.25, 0.3) is 0 Å². The van der Waals surface area contributed by atoms with E-state index in [0.717, 1.165) is 5.56 Å². The molecule has 0 aliphatic carbocycles. The first-order chi connectivity index (χ1) is 15.1. The Morgan fingerprint density at radius 1 is 0.742 bits per heavy atom. The van der Waals surface area contributed by atoms with Gasteiger partial charge >= 0.3 is 12.2 Å². The molecule has 0 spiro atoms. The lowest BCUT2D eigenvalue weighted by Gasteiger charge is -2.09. The van der Waals surface area contributed by atoms with Crippen molar-refractivity contribution < 1.29 is 38.1 Å². The van der Waals surface area contributed by atoms with Crippen molar-refractivity contribution >= 4 is 18.1 Å². The Morgan fingerprint density at radius 3 is 2.00 bits per heavy atom. The van der Waals surface area contributed by atoms with E-state index in [4.69, 9.17) is 23.7 Å². The van der Waals surface area contributed by atoms with Gasteiger partial charge in [0.2, 0.25) is 5.91 Å². The van der Waals surface area contributed by atoms with Crippen LogP contribution in [0, 0.1) is 0 Å². The number of alkyl carbamates (subject to hydrolysis) is 2. The number of amides is 3. The average Bonchev–Trinajstić information content (AvgIpc) is 2.79. The minimum absolute atomic E-state index is 0.141. The zero-order chi connectivity index (χ0) is 22.6. The molecule has 1 rings (SSSR count). The Kier molecular flexibility index (Phi) is 15.1. The Morgan fingerprint density at radius 2 is 1.35 bits per heavy atom. The highest BCUT2D eigenvalue weighted by atomic mass is 16.6. The third-order valence-electron chi connectivity index (χ3n) is 3.58. The molecule has 0 bridgehead atoms. The minimum Gasteiger partial charge on any atom is -0.447 e. The smallest absolute Gasteiger partial charge is 0.407 e. The van der Waals surface area contributed by atoms with Crippen molar-refractivity contribution in [2.45, 2.75) is 6.61 Å². The first kappa shape index (κ1) is 26.1. The van der Waals surface area contributed by atoms with E-state index in [1.54, 1.807) is 0 Å². The second-order valence-corrected chi connectivity index (χ2v) is 5.99. The van der Waals surface area contributed by atoms with Gasteiger partial charge in [0, 0.05) is 13.6 Å². The third-order valence-corrected chi connectivity index (χ3v) is 3.58. The summed E-state index contributed by atoms with van der Waals surface area (Å²) in [7, 11) is 1.48.